The van der Waals surface area contributed by atoms with E-state index in [2.05, 4.69) is 5.32 Å². The molecule has 0 atom stereocenters. The van der Waals surface area contributed by atoms with Crippen molar-refractivity contribution in [3.63, 3.8) is 0 Å². The number of nitrogens with one attached hydrogen (secondary N) is 1. The summed E-state index contributed by atoms with van der Waals surface area (Å²) >= 11 is 8.83. The van der Waals surface area contributed by atoms with Crippen LogP contribution in [0, 0.1) is 0 Å². The molecule has 32 heavy (non-hydrogen) atoms. The summed E-state index contributed by atoms with van der Waals surface area (Å²) in [5, 5.41) is 6.71. The number of halogens is 1. The van der Waals surface area contributed by atoms with Gasteiger partial charge in [-0.15, -0.1) is 34.3 Å². The van der Waals surface area contributed by atoms with E-state index in [1.54, 1.807) is 22.7 Å². The molecule has 4 aromatic rings. The Morgan fingerprint density at radius 2 is 1.38 bits per heavy atom. The molecule has 168 valence electrons. The third kappa shape index (κ3) is 11.1. The van der Waals surface area contributed by atoms with Gasteiger partial charge in [0.05, 0.1) is 6.54 Å². The van der Waals surface area contributed by atoms with E-state index in [-0.39, 0.29) is 6.09 Å². The van der Waals surface area contributed by atoms with E-state index in [0.717, 1.165) is 10.4 Å². The number of amides is 1. The fourth-order valence-corrected chi connectivity index (χ4v) is 3.75. The molecule has 4 nitrogen and oxygen atoms in total. The molecule has 0 aliphatic heterocycles. The van der Waals surface area contributed by atoms with Gasteiger partial charge < -0.3 is 15.8 Å². The summed E-state index contributed by atoms with van der Waals surface area (Å²) in [6.07, 6.45) is -0.387. The number of ether oxygens (including phenoxy) is 1. The van der Waals surface area contributed by atoms with Gasteiger partial charge in [-0.05, 0) is 34.0 Å². The maximum atomic E-state index is 11.4. The first kappa shape index (κ1) is 25.6. The van der Waals surface area contributed by atoms with Gasteiger partial charge in [0, 0.05) is 22.2 Å². The summed E-state index contributed by atoms with van der Waals surface area (Å²) < 4.78 is 5.08. The topological polar surface area (TPSA) is 64.4 Å². The first-order valence-electron chi connectivity index (χ1n) is 10.0. The number of alkyl carbamates (subject to hydrolysis) is 1. The first-order chi connectivity index (χ1) is 15.7. The summed E-state index contributed by atoms with van der Waals surface area (Å²) in [6, 6.07) is 27.5. The van der Waals surface area contributed by atoms with Crippen LogP contribution in [0.15, 0.2) is 95.7 Å². The van der Waals surface area contributed by atoms with Crippen LogP contribution in [0.5, 0.6) is 0 Å². The lowest BCUT2D eigenvalue weighted by molar-refractivity contribution is 0.139. The van der Waals surface area contributed by atoms with E-state index in [9.17, 15) is 4.79 Å². The Balaban J connectivity index is 0.000000199. The molecule has 2 heterocycles. The van der Waals surface area contributed by atoms with Gasteiger partial charge in [-0.3, -0.25) is 0 Å². The number of hydrogen-bond acceptors (Lipinski definition) is 5. The van der Waals surface area contributed by atoms with E-state index >= 15 is 0 Å². The molecule has 0 spiro atoms. The number of benzene rings is 2. The van der Waals surface area contributed by atoms with Gasteiger partial charge in [0.1, 0.15) is 6.61 Å². The van der Waals surface area contributed by atoms with Crippen molar-refractivity contribution in [3.8, 4) is 0 Å². The molecule has 2 aromatic carbocycles. The molecule has 1 amide bonds. The van der Waals surface area contributed by atoms with Crippen LogP contribution in [-0.2, 0) is 30.3 Å². The maximum absolute atomic E-state index is 11.4. The number of nitrogens with two attached hydrogens (primary N) is 1. The summed E-state index contributed by atoms with van der Waals surface area (Å²) in [7, 11) is 0. The van der Waals surface area contributed by atoms with Crippen LogP contribution >= 0.6 is 34.3 Å². The van der Waals surface area contributed by atoms with Crippen molar-refractivity contribution in [2.75, 3.05) is 0 Å². The van der Waals surface area contributed by atoms with E-state index < -0.39 is 0 Å². The Kier molecular flexibility index (Phi) is 12.9. The molecule has 0 aliphatic rings. The summed E-state index contributed by atoms with van der Waals surface area (Å²) in [5.41, 5.74) is 7.46. The predicted octanol–water partition coefficient (Wildman–Crippen LogP) is 6.81. The second kappa shape index (κ2) is 16.1. The van der Waals surface area contributed by atoms with Gasteiger partial charge >= 0.3 is 6.09 Å². The van der Waals surface area contributed by atoms with Crippen LogP contribution in [0.3, 0.4) is 0 Å². The van der Waals surface area contributed by atoms with Gasteiger partial charge in [0.25, 0.3) is 0 Å². The normalized spacial score (nSPS) is 9.56. The number of carbonyl (C=O) groups is 1. The minimum atomic E-state index is -0.387. The summed E-state index contributed by atoms with van der Waals surface area (Å²) in [5.74, 6) is 0.612. The average Bonchev–Trinajstić information content (AvgIpc) is 3.58. The standard InChI is InChI=1S/C13H13NO2S.C7H7Cl.C5H7NS/c15-13(14-9-12-7-4-8-17-12)16-10-11-5-2-1-3-6-11;8-6-7-4-2-1-3-5-7;6-4-5-2-1-3-7-5/h1-8H,9-10H2,(H,14,15);1-5H,6H2;1-3H,4,6H2. The Morgan fingerprint density at radius 1 is 0.812 bits per heavy atom. The molecule has 0 radical (unpaired) electrons. The van der Waals surface area contributed by atoms with Crippen LogP contribution in [0.25, 0.3) is 0 Å². The maximum Gasteiger partial charge on any atom is 0.407 e. The molecule has 3 N–H and O–H groups in total. The molecule has 4 rings (SSSR count). The lowest BCUT2D eigenvalue weighted by Crippen LogP contribution is -2.23. The fourth-order valence-electron chi connectivity index (χ4n) is 2.34. The highest BCUT2D eigenvalue weighted by Gasteiger charge is 2.02. The molecule has 0 aliphatic carbocycles. The minimum absolute atomic E-state index is 0.303. The van der Waals surface area contributed by atoms with Gasteiger partial charge in [0.2, 0.25) is 0 Å². The first-order valence-corrected chi connectivity index (χ1v) is 12.3. The highest BCUT2D eigenvalue weighted by molar-refractivity contribution is 7.10. The van der Waals surface area contributed by atoms with E-state index in [1.165, 1.54) is 10.4 Å². The molecular weight excluding hydrogens is 460 g/mol. The molecular formula is C25H27ClN2O2S2. The SMILES string of the molecule is ClCc1ccccc1.NCc1cccs1.O=C(NCc1cccs1)OCc1ccccc1. The average molecular weight is 487 g/mol. The number of carbonyl (C=O) groups excluding carboxylic acids is 1. The van der Waals surface area contributed by atoms with Crippen LogP contribution in [0.4, 0.5) is 4.79 Å². The van der Waals surface area contributed by atoms with E-state index in [4.69, 9.17) is 22.1 Å². The van der Waals surface area contributed by atoms with Gasteiger partial charge in [0.15, 0.2) is 0 Å². The predicted molar refractivity (Wildman–Crippen MR) is 136 cm³/mol. The van der Waals surface area contributed by atoms with Crippen molar-refractivity contribution < 1.29 is 9.53 Å². The van der Waals surface area contributed by atoms with E-state index in [0.29, 0.717) is 25.6 Å². The molecule has 0 saturated carbocycles. The summed E-state index contributed by atoms with van der Waals surface area (Å²) in [6.45, 7) is 1.50. The second-order valence-corrected chi connectivity index (χ2v) is 8.73. The zero-order valence-electron chi connectivity index (χ0n) is 17.7. The Labute approximate surface area is 202 Å². The van der Waals surface area contributed by atoms with E-state index in [1.807, 2.05) is 95.7 Å². The van der Waals surface area contributed by atoms with Crippen molar-refractivity contribution >= 4 is 40.4 Å². The third-order valence-electron chi connectivity index (χ3n) is 3.98. The summed E-state index contributed by atoms with van der Waals surface area (Å²) in [4.78, 5) is 13.7. The van der Waals surface area contributed by atoms with Crippen molar-refractivity contribution in [2.45, 2.75) is 25.6 Å². The molecule has 2 aromatic heterocycles. The molecule has 0 unspecified atom stereocenters. The zero-order chi connectivity index (χ0) is 22.9. The molecule has 0 fully saturated rings. The highest BCUT2D eigenvalue weighted by atomic mass is 35.5. The van der Waals surface area contributed by atoms with Crippen LogP contribution < -0.4 is 11.1 Å². The Morgan fingerprint density at radius 3 is 1.81 bits per heavy atom. The number of alkyl halides is 1. The quantitative estimate of drug-likeness (QED) is 0.294. The van der Waals surface area contributed by atoms with Crippen molar-refractivity contribution in [2.24, 2.45) is 5.73 Å². The molecule has 0 bridgehead atoms. The highest BCUT2D eigenvalue weighted by Crippen LogP contribution is 2.08. The van der Waals surface area contributed by atoms with Gasteiger partial charge in [-0.2, -0.15) is 0 Å². The third-order valence-corrected chi connectivity index (χ3v) is 6.06. The second-order valence-electron chi connectivity index (χ2n) is 6.40. The number of hydrogen-bond donors (Lipinski definition) is 2. The minimum Gasteiger partial charge on any atom is -0.445 e. The van der Waals surface area contributed by atoms with Crippen LogP contribution in [0.2, 0.25) is 0 Å². The lowest BCUT2D eigenvalue weighted by atomic mass is 10.2. The lowest BCUT2D eigenvalue weighted by Gasteiger charge is -2.05. The van der Waals surface area contributed by atoms with Crippen LogP contribution in [0.1, 0.15) is 20.9 Å². The molecule has 7 heteroatoms. The van der Waals surface area contributed by atoms with Crippen molar-refractivity contribution in [3.05, 3.63) is 117 Å². The monoisotopic (exact) mass is 486 g/mol. The molecule has 0 saturated heterocycles. The number of rotatable bonds is 6. The Bertz CT molecular complexity index is 964. The van der Waals surface area contributed by atoms with Crippen molar-refractivity contribution in [1.29, 1.82) is 0 Å². The van der Waals surface area contributed by atoms with Crippen LogP contribution in [-0.4, -0.2) is 6.09 Å². The zero-order valence-corrected chi connectivity index (χ0v) is 20.0. The largest absolute Gasteiger partial charge is 0.445 e. The van der Waals surface area contributed by atoms with Crippen molar-refractivity contribution in [1.82, 2.24) is 5.32 Å². The Hall–Kier alpha value is -2.64. The number of thiophene rings is 2. The smallest absolute Gasteiger partial charge is 0.407 e. The van der Waals surface area contributed by atoms with Gasteiger partial charge in [-0.25, -0.2) is 4.79 Å². The van der Waals surface area contributed by atoms with Gasteiger partial charge in [-0.1, -0.05) is 72.8 Å². The fraction of sp³-hybridized carbons (Fsp3) is 0.160.